The van der Waals surface area contributed by atoms with E-state index in [9.17, 15) is 0 Å². The van der Waals surface area contributed by atoms with Crippen molar-refractivity contribution in [2.45, 2.75) is 0 Å². The predicted octanol–water partition coefficient (Wildman–Crippen LogP) is 2.68. The van der Waals surface area contributed by atoms with Crippen molar-refractivity contribution in [3.05, 3.63) is 41.4 Å². The second-order valence-electron chi connectivity index (χ2n) is 2.49. The molecule has 13 heavy (non-hydrogen) atoms. The summed E-state index contributed by atoms with van der Waals surface area (Å²) in [7, 11) is 0. The molecule has 2 nitrogen and oxygen atoms in total. The zero-order chi connectivity index (χ0) is 9.10. The Morgan fingerprint density at radius 1 is 1.23 bits per heavy atom. The fourth-order valence-corrected chi connectivity index (χ4v) is 1.82. The lowest BCUT2D eigenvalue weighted by Crippen LogP contribution is -1.75. The van der Waals surface area contributed by atoms with Crippen LogP contribution >= 0.6 is 11.3 Å². The van der Waals surface area contributed by atoms with Crippen LogP contribution in [0.15, 0.2) is 36.5 Å². The van der Waals surface area contributed by atoms with Gasteiger partial charge in [0.1, 0.15) is 10.9 Å². The number of aromatic nitrogens is 1. The van der Waals surface area contributed by atoms with E-state index in [1.165, 1.54) is 11.3 Å². The van der Waals surface area contributed by atoms with E-state index in [1.807, 2.05) is 30.3 Å². The SMILES string of the molecule is N#Cc1ccc(-c2ccccn2)s1. The van der Waals surface area contributed by atoms with Gasteiger partial charge in [-0.25, -0.2) is 0 Å². The molecule has 0 aliphatic carbocycles. The molecule has 2 aromatic heterocycles. The van der Waals surface area contributed by atoms with Crippen LogP contribution in [0.3, 0.4) is 0 Å². The van der Waals surface area contributed by atoms with Crippen molar-refractivity contribution in [3.63, 3.8) is 0 Å². The average molecular weight is 186 g/mol. The molecule has 0 aromatic carbocycles. The topological polar surface area (TPSA) is 36.7 Å². The molecule has 0 saturated heterocycles. The smallest absolute Gasteiger partial charge is 0.110 e. The Balaban J connectivity index is 2.43. The molecule has 0 atom stereocenters. The highest BCUT2D eigenvalue weighted by Crippen LogP contribution is 2.25. The average Bonchev–Trinajstić information content (AvgIpc) is 2.67. The Morgan fingerprint density at radius 3 is 2.77 bits per heavy atom. The fourth-order valence-electron chi connectivity index (χ4n) is 1.04. The molecule has 0 saturated carbocycles. The van der Waals surface area contributed by atoms with Crippen LogP contribution in [0, 0.1) is 11.3 Å². The maximum atomic E-state index is 8.64. The van der Waals surface area contributed by atoms with Gasteiger partial charge in [-0.2, -0.15) is 5.26 Å². The number of pyridine rings is 1. The molecule has 0 bridgehead atoms. The number of hydrogen-bond donors (Lipinski definition) is 0. The molecular formula is C10H6N2S. The van der Waals surface area contributed by atoms with Crippen molar-refractivity contribution in [3.8, 4) is 16.6 Å². The number of nitrogens with zero attached hydrogens (tertiary/aromatic N) is 2. The summed E-state index contributed by atoms with van der Waals surface area (Å²) in [6, 6.07) is 11.6. The molecule has 2 aromatic rings. The quantitative estimate of drug-likeness (QED) is 0.686. The van der Waals surface area contributed by atoms with E-state index in [-0.39, 0.29) is 0 Å². The van der Waals surface area contributed by atoms with Crippen LogP contribution in [0.2, 0.25) is 0 Å². The maximum absolute atomic E-state index is 8.64. The van der Waals surface area contributed by atoms with E-state index < -0.39 is 0 Å². The Hall–Kier alpha value is -1.66. The van der Waals surface area contributed by atoms with Crippen molar-refractivity contribution < 1.29 is 0 Å². The molecular weight excluding hydrogens is 180 g/mol. The minimum atomic E-state index is 0.723. The van der Waals surface area contributed by atoms with Gasteiger partial charge in [-0.1, -0.05) is 6.07 Å². The summed E-state index contributed by atoms with van der Waals surface area (Å²) in [4.78, 5) is 5.96. The first-order chi connectivity index (χ1) is 6.40. The van der Waals surface area contributed by atoms with E-state index in [0.29, 0.717) is 0 Å². The largest absolute Gasteiger partial charge is 0.255 e. The molecule has 0 spiro atoms. The van der Waals surface area contributed by atoms with E-state index in [0.717, 1.165) is 15.4 Å². The van der Waals surface area contributed by atoms with Gasteiger partial charge in [-0.15, -0.1) is 11.3 Å². The molecule has 3 heteroatoms. The van der Waals surface area contributed by atoms with Crippen LogP contribution in [0.25, 0.3) is 10.6 Å². The highest BCUT2D eigenvalue weighted by Gasteiger charge is 2.01. The molecule has 0 aliphatic rings. The van der Waals surface area contributed by atoms with E-state index in [2.05, 4.69) is 11.1 Å². The molecule has 2 heterocycles. The standard InChI is InChI=1S/C10H6N2S/c11-7-8-4-5-10(13-8)9-3-1-2-6-12-9/h1-6H. The molecule has 0 radical (unpaired) electrons. The third kappa shape index (κ3) is 1.58. The Morgan fingerprint density at radius 2 is 2.15 bits per heavy atom. The number of hydrogen-bond acceptors (Lipinski definition) is 3. The van der Waals surface area contributed by atoms with Crippen LogP contribution in [-0.4, -0.2) is 4.98 Å². The third-order valence-corrected chi connectivity index (χ3v) is 2.65. The van der Waals surface area contributed by atoms with Gasteiger partial charge in [-0.05, 0) is 24.3 Å². The molecule has 0 aliphatic heterocycles. The van der Waals surface area contributed by atoms with Crippen molar-refractivity contribution in [1.82, 2.24) is 4.98 Å². The highest BCUT2D eigenvalue weighted by molar-refractivity contribution is 7.15. The summed E-state index contributed by atoms with van der Waals surface area (Å²) >= 11 is 1.46. The van der Waals surface area contributed by atoms with Gasteiger partial charge in [0.25, 0.3) is 0 Å². The monoisotopic (exact) mass is 186 g/mol. The summed E-state index contributed by atoms with van der Waals surface area (Å²) in [6.07, 6.45) is 1.75. The molecule has 0 unspecified atom stereocenters. The molecule has 0 N–H and O–H groups in total. The van der Waals surface area contributed by atoms with Crippen molar-refractivity contribution in [1.29, 1.82) is 5.26 Å². The van der Waals surface area contributed by atoms with E-state index in [4.69, 9.17) is 5.26 Å². The highest BCUT2D eigenvalue weighted by atomic mass is 32.1. The number of nitriles is 1. The third-order valence-electron chi connectivity index (χ3n) is 1.63. The predicted molar refractivity (Wildman–Crippen MR) is 52.3 cm³/mol. The second kappa shape index (κ2) is 3.38. The minimum Gasteiger partial charge on any atom is -0.255 e. The molecule has 62 valence electrons. The van der Waals surface area contributed by atoms with Gasteiger partial charge in [0, 0.05) is 6.20 Å². The van der Waals surface area contributed by atoms with Crippen LogP contribution in [0.4, 0.5) is 0 Å². The maximum Gasteiger partial charge on any atom is 0.110 e. The van der Waals surface area contributed by atoms with Gasteiger partial charge in [-0.3, -0.25) is 4.98 Å². The van der Waals surface area contributed by atoms with Crippen LogP contribution in [0.1, 0.15) is 4.88 Å². The van der Waals surface area contributed by atoms with Crippen LogP contribution in [-0.2, 0) is 0 Å². The van der Waals surface area contributed by atoms with Crippen LogP contribution in [0.5, 0.6) is 0 Å². The van der Waals surface area contributed by atoms with Gasteiger partial charge >= 0.3 is 0 Å². The van der Waals surface area contributed by atoms with Gasteiger partial charge in [0.05, 0.1) is 10.6 Å². The van der Waals surface area contributed by atoms with Crippen molar-refractivity contribution in [2.24, 2.45) is 0 Å². The summed E-state index contributed by atoms with van der Waals surface area (Å²) in [5, 5.41) is 8.64. The number of thiophene rings is 1. The minimum absolute atomic E-state index is 0.723. The lowest BCUT2D eigenvalue weighted by atomic mass is 10.3. The Labute approximate surface area is 80.1 Å². The zero-order valence-electron chi connectivity index (χ0n) is 6.77. The first-order valence-corrected chi connectivity index (χ1v) is 4.63. The molecule has 0 fully saturated rings. The Bertz CT molecular complexity index is 439. The van der Waals surface area contributed by atoms with Gasteiger partial charge in [0.2, 0.25) is 0 Å². The summed E-state index contributed by atoms with van der Waals surface area (Å²) in [5.74, 6) is 0. The second-order valence-corrected chi connectivity index (χ2v) is 3.57. The summed E-state index contributed by atoms with van der Waals surface area (Å²) in [5.41, 5.74) is 0.925. The normalized spacial score (nSPS) is 9.46. The van der Waals surface area contributed by atoms with Crippen molar-refractivity contribution in [2.75, 3.05) is 0 Å². The van der Waals surface area contributed by atoms with Gasteiger partial charge < -0.3 is 0 Å². The first kappa shape index (κ1) is 7.96. The van der Waals surface area contributed by atoms with Crippen molar-refractivity contribution >= 4 is 11.3 Å². The Kier molecular flexibility index (Phi) is 2.07. The summed E-state index contributed by atoms with van der Waals surface area (Å²) < 4.78 is 0. The summed E-state index contributed by atoms with van der Waals surface area (Å²) in [6.45, 7) is 0. The molecule has 0 amide bonds. The first-order valence-electron chi connectivity index (χ1n) is 3.81. The van der Waals surface area contributed by atoms with E-state index in [1.54, 1.807) is 6.20 Å². The van der Waals surface area contributed by atoms with Crippen LogP contribution < -0.4 is 0 Å². The lowest BCUT2D eigenvalue weighted by Gasteiger charge is -1.92. The fraction of sp³-hybridized carbons (Fsp3) is 0. The van der Waals surface area contributed by atoms with E-state index >= 15 is 0 Å². The molecule has 2 rings (SSSR count). The zero-order valence-corrected chi connectivity index (χ0v) is 7.58. The van der Waals surface area contributed by atoms with Gasteiger partial charge in [0.15, 0.2) is 0 Å². The number of rotatable bonds is 1. The lowest BCUT2D eigenvalue weighted by molar-refractivity contribution is 1.34.